The van der Waals surface area contributed by atoms with Crippen molar-refractivity contribution in [3.8, 4) is 0 Å². The van der Waals surface area contributed by atoms with Crippen molar-refractivity contribution in [3.63, 3.8) is 0 Å². The van der Waals surface area contributed by atoms with Crippen molar-refractivity contribution < 1.29 is 4.79 Å². The van der Waals surface area contributed by atoms with Crippen LogP contribution in [0.5, 0.6) is 0 Å². The molecule has 1 unspecified atom stereocenters. The minimum absolute atomic E-state index is 0.208. The van der Waals surface area contributed by atoms with E-state index >= 15 is 0 Å². The summed E-state index contributed by atoms with van der Waals surface area (Å²) in [6.07, 6.45) is 3.66. The molecule has 3 heterocycles. The topological polar surface area (TPSA) is 86.8 Å². The van der Waals surface area contributed by atoms with Gasteiger partial charge < -0.3 is 15.2 Å². The van der Waals surface area contributed by atoms with Crippen molar-refractivity contribution in [3.05, 3.63) is 48.5 Å². The van der Waals surface area contributed by atoms with E-state index in [1.165, 1.54) is 6.33 Å². The van der Waals surface area contributed by atoms with Gasteiger partial charge in [0.05, 0.1) is 6.33 Å². The molecule has 7 nitrogen and oxygen atoms in total. The molecule has 1 atom stereocenters. The first-order chi connectivity index (χ1) is 11.8. The standard InChI is InChI=1S/C17H18N6O/c24-14-6-13(9-23(14)8-12-4-2-1-3-5-12)7-18-16-15-17(20-10-19-15)22-11-21-16/h1-5,10-11,13H,6-9H2,(H2,18,19,20,21,22). The number of aromatic amines is 1. The summed E-state index contributed by atoms with van der Waals surface area (Å²) in [5.41, 5.74) is 2.60. The number of rotatable bonds is 5. The summed E-state index contributed by atoms with van der Waals surface area (Å²) in [6.45, 7) is 2.13. The molecule has 0 aliphatic carbocycles. The summed E-state index contributed by atoms with van der Waals surface area (Å²) in [6, 6.07) is 10.1. The van der Waals surface area contributed by atoms with Gasteiger partial charge >= 0.3 is 0 Å². The van der Waals surface area contributed by atoms with E-state index in [1.807, 2.05) is 23.1 Å². The lowest BCUT2D eigenvalue weighted by molar-refractivity contribution is -0.128. The van der Waals surface area contributed by atoms with E-state index < -0.39 is 0 Å². The molecule has 7 heteroatoms. The molecular weight excluding hydrogens is 304 g/mol. The molecule has 0 bridgehead atoms. The maximum Gasteiger partial charge on any atom is 0.223 e. The van der Waals surface area contributed by atoms with Crippen LogP contribution in [0, 0.1) is 5.92 Å². The van der Waals surface area contributed by atoms with Crippen LogP contribution in [0.2, 0.25) is 0 Å². The molecule has 1 aliphatic rings. The van der Waals surface area contributed by atoms with Gasteiger partial charge in [-0.3, -0.25) is 4.79 Å². The van der Waals surface area contributed by atoms with Crippen LogP contribution in [-0.4, -0.2) is 43.8 Å². The fourth-order valence-corrected chi connectivity index (χ4v) is 3.09. The van der Waals surface area contributed by atoms with E-state index in [0.717, 1.165) is 23.4 Å². The number of carbonyl (C=O) groups is 1. The molecule has 1 aromatic carbocycles. The molecule has 1 aliphatic heterocycles. The zero-order valence-electron chi connectivity index (χ0n) is 13.1. The second-order valence-electron chi connectivity index (χ2n) is 6.03. The van der Waals surface area contributed by atoms with Gasteiger partial charge in [0.25, 0.3) is 0 Å². The van der Waals surface area contributed by atoms with Gasteiger partial charge in [-0.2, -0.15) is 0 Å². The highest BCUT2D eigenvalue weighted by Gasteiger charge is 2.29. The summed E-state index contributed by atoms with van der Waals surface area (Å²) < 4.78 is 0. The maximum absolute atomic E-state index is 12.2. The number of H-pyrrole nitrogens is 1. The van der Waals surface area contributed by atoms with Crippen LogP contribution < -0.4 is 5.32 Å². The average molecular weight is 322 g/mol. The number of nitrogens with zero attached hydrogens (tertiary/aromatic N) is 4. The van der Waals surface area contributed by atoms with E-state index in [2.05, 4.69) is 37.4 Å². The van der Waals surface area contributed by atoms with Crippen LogP contribution in [0.4, 0.5) is 5.82 Å². The second kappa shape index (κ2) is 6.27. The Morgan fingerprint density at radius 1 is 1.21 bits per heavy atom. The molecule has 4 rings (SSSR count). The van der Waals surface area contributed by atoms with Crippen molar-refractivity contribution in [1.29, 1.82) is 0 Å². The van der Waals surface area contributed by atoms with E-state index in [9.17, 15) is 4.79 Å². The number of imidazole rings is 1. The molecule has 2 aromatic heterocycles. The third-order valence-electron chi connectivity index (χ3n) is 4.29. The Labute approximate surface area is 139 Å². The van der Waals surface area contributed by atoms with Crippen molar-refractivity contribution in [1.82, 2.24) is 24.8 Å². The number of nitrogens with one attached hydrogen (secondary N) is 2. The van der Waals surface area contributed by atoms with Crippen molar-refractivity contribution in [2.24, 2.45) is 5.92 Å². The zero-order chi connectivity index (χ0) is 16.4. The summed E-state index contributed by atoms with van der Waals surface area (Å²) in [5, 5.41) is 3.32. The molecule has 1 saturated heterocycles. The number of aromatic nitrogens is 4. The predicted molar refractivity (Wildman–Crippen MR) is 90.1 cm³/mol. The van der Waals surface area contributed by atoms with Crippen molar-refractivity contribution in [2.45, 2.75) is 13.0 Å². The Bertz CT molecular complexity index is 846. The molecule has 0 radical (unpaired) electrons. The first-order valence-corrected chi connectivity index (χ1v) is 7.99. The third kappa shape index (κ3) is 2.92. The minimum atomic E-state index is 0.208. The van der Waals surface area contributed by atoms with Gasteiger partial charge in [0, 0.05) is 32.0 Å². The van der Waals surface area contributed by atoms with Gasteiger partial charge in [0.15, 0.2) is 11.5 Å². The molecule has 0 saturated carbocycles. The van der Waals surface area contributed by atoms with Gasteiger partial charge in [-0.05, 0) is 5.56 Å². The first-order valence-electron chi connectivity index (χ1n) is 7.99. The summed E-state index contributed by atoms with van der Waals surface area (Å²) in [7, 11) is 0. The summed E-state index contributed by atoms with van der Waals surface area (Å²) >= 11 is 0. The lowest BCUT2D eigenvalue weighted by atomic mass is 10.1. The maximum atomic E-state index is 12.2. The molecular formula is C17H18N6O. The SMILES string of the molecule is O=C1CC(CNc2ncnc3nc[nH]c23)CN1Cc1ccccc1. The number of hydrogen-bond donors (Lipinski definition) is 2. The van der Waals surface area contributed by atoms with E-state index in [1.54, 1.807) is 6.33 Å². The lowest BCUT2D eigenvalue weighted by Gasteiger charge is -2.17. The molecule has 122 valence electrons. The van der Waals surface area contributed by atoms with Crippen LogP contribution in [-0.2, 0) is 11.3 Å². The fourth-order valence-electron chi connectivity index (χ4n) is 3.09. The summed E-state index contributed by atoms with van der Waals surface area (Å²) in [5.74, 6) is 1.21. The highest BCUT2D eigenvalue weighted by atomic mass is 16.2. The molecule has 2 N–H and O–H groups in total. The van der Waals surface area contributed by atoms with Gasteiger partial charge in [0.2, 0.25) is 5.91 Å². The number of benzene rings is 1. The van der Waals surface area contributed by atoms with E-state index in [0.29, 0.717) is 25.2 Å². The number of amides is 1. The van der Waals surface area contributed by atoms with Crippen molar-refractivity contribution in [2.75, 3.05) is 18.4 Å². The molecule has 3 aromatic rings. The average Bonchev–Trinajstić information content (AvgIpc) is 3.21. The molecule has 1 amide bonds. The molecule has 24 heavy (non-hydrogen) atoms. The van der Waals surface area contributed by atoms with Crippen LogP contribution >= 0.6 is 0 Å². The van der Waals surface area contributed by atoms with Crippen LogP contribution in [0.1, 0.15) is 12.0 Å². The first kappa shape index (κ1) is 14.6. The zero-order valence-corrected chi connectivity index (χ0v) is 13.1. The van der Waals surface area contributed by atoms with Gasteiger partial charge in [-0.1, -0.05) is 30.3 Å². The van der Waals surface area contributed by atoms with Gasteiger partial charge in [-0.15, -0.1) is 0 Å². The lowest BCUT2D eigenvalue weighted by Crippen LogP contribution is -2.25. The largest absolute Gasteiger partial charge is 0.368 e. The number of anilines is 1. The number of hydrogen-bond acceptors (Lipinski definition) is 5. The van der Waals surface area contributed by atoms with Crippen molar-refractivity contribution >= 4 is 22.9 Å². The summed E-state index contributed by atoms with van der Waals surface area (Å²) in [4.78, 5) is 29.7. The van der Waals surface area contributed by atoms with Crippen LogP contribution in [0.15, 0.2) is 43.0 Å². The second-order valence-corrected chi connectivity index (χ2v) is 6.03. The number of fused-ring (bicyclic) bond motifs is 1. The monoisotopic (exact) mass is 322 g/mol. The van der Waals surface area contributed by atoms with E-state index in [4.69, 9.17) is 0 Å². The Morgan fingerprint density at radius 3 is 2.96 bits per heavy atom. The number of likely N-dealkylation sites (tertiary alicyclic amines) is 1. The third-order valence-corrected chi connectivity index (χ3v) is 4.29. The quantitative estimate of drug-likeness (QED) is 0.748. The normalized spacial score (nSPS) is 17.6. The fraction of sp³-hybridized carbons (Fsp3) is 0.294. The molecule has 1 fully saturated rings. The Balaban J connectivity index is 1.38. The Hall–Kier alpha value is -2.96. The van der Waals surface area contributed by atoms with E-state index in [-0.39, 0.29) is 11.8 Å². The van der Waals surface area contributed by atoms with Crippen LogP contribution in [0.25, 0.3) is 11.2 Å². The van der Waals surface area contributed by atoms with Crippen LogP contribution in [0.3, 0.4) is 0 Å². The molecule has 0 spiro atoms. The minimum Gasteiger partial charge on any atom is -0.368 e. The Morgan fingerprint density at radius 2 is 2.08 bits per heavy atom. The Kier molecular flexibility index (Phi) is 3.82. The highest BCUT2D eigenvalue weighted by molar-refractivity contribution is 5.82. The van der Waals surface area contributed by atoms with Gasteiger partial charge in [0.1, 0.15) is 11.8 Å². The number of carbonyl (C=O) groups excluding carboxylic acids is 1. The predicted octanol–water partition coefficient (Wildman–Crippen LogP) is 1.81. The van der Waals surface area contributed by atoms with Gasteiger partial charge in [-0.25, -0.2) is 15.0 Å². The smallest absolute Gasteiger partial charge is 0.223 e. The highest BCUT2D eigenvalue weighted by Crippen LogP contribution is 2.22.